The highest BCUT2D eigenvalue weighted by molar-refractivity contribution is 5.61. The summed E-state index contributed by atoms with van der Waals surface area (Å²) < 4.78 is 5.88. The molecule has 3 unspecified atom stereocenters. The Morgan fingerprint density at radius 2 is 2.17 bits per heavy atom. The molecule has 0 fully saturated rings. The van der Waals surface area contributed by atoms with Crippen molar-refractivity contribution in [3.63, 3.8) is 0 Å². The number of hydrogen-bond donors (Lipinski definition) is 1. The summed E-state index contributed by atoms with van der Waals surface area (Å²) in [4.78, 5) is 4.30. The Hall–Kier alpha value is -2.29. The van der Waals surface area contributed by atoms with E-state index in [4.69, 9.17) is 4.74 Å². The lowest BCUT2D eigenvalue weighted by molar-refractivity contribution is 0.242. The first kappa shape index (κ1) is 14.3. The third-order valence-electron chi connectivity index (χ3n) is 4.75. The third-order valence-corrected chi connectivity index (χ3v) is 4.75. The van der Waals surface area contributed by atoms with E-state index in [-0.39, 0.29) is 6.10 Å². The fourth-order valence-corrected chi connectivity index (χ4v) is 3.81. The molecule has 1 aromatic heterocycles. The topological polar surface area (TPSA) is 34.1 Å². The Morgan fingerprint density at radius 1 is 1.26 bits per heavy atom. The molecule has 1 aromatic carbocycles. The molecule has 3 nitrogen and oxygen atoms in total. The van der Waals surface area contributed by atoms with Gasteiger partial charge in [-0.25, -0.2) is 0 Å². The number of nitrogens with zero attached hydrogens (tertiary/aromatic N) is 1. The second-order valence-electron chi connectivity index (χ2n) is 6.68. The van der Waals surface area contributed by atoms with Crippen molar-refractivity contribution in [3.05, 3.63) is 66.0 Å². The van der Waals surface area contributed by atoms with Gasteiger partial charge < -0.3 is 10.1 Å². The van der Waals surface area contributed by atoms with E-state index in [0.717, 1.165) is 12.2 Å². The zero-order valence-electron chi connectivity index (χ0n) is 13.6. The van der Waals surface area contributed by atoms with Crippen molar-refractivity contribution in [2.75, 3.05) is 5.32 Å². The van der Waals surface area contributed by atoms with E-state index in [1.807, 2.05) is 18.5 Å². The lowest BCUT2D eigenvalue weighted by atomic mass is 9.77. The van der Waals surface area contributed by atoms with Crippen LogP contribution in [0.1, 0.15) is 43.4 Å². The molecule has 1 aliphatic carbocycles. The van der Waals surface area contributed by atoms with E-state index in [0.29, 0.717) is 17.9 Å². The van der Waals surface area contributed by atoms with Gasteiger partial charge in [0.15, 0.2) is 0 Å². The van der Waals surface area contributed by atoms with Gasteiger partial charge >= 0.3 is 0 Å². The maximum Gasteiger partial charge on any atom is 0.120 e. The zero-order valence-corrected chi connectivity index (χ0v) is 13.6. The van der Waals surface area contributed by atoms with Gasteiger partial charge in [0.05, 0.1) is 12.1 Å². The lowest BCUT2D eigenvalue weighted by Crippen LogP contribution is -2.29. The van der Waals surface area contributed by atoms with Gasteiger partial charge in [-0.1, -0.05) is 18.2 Å². The normalized spacial score (nSPS) is 24.9. The van der Waals surface area contributed by atoms with Crippen molar-refractivity contribution >= 4 is 5.69 Å². The first-order chi connectivity index (χ1) is 11.2. The number of hydrogen-bond acceptors (Lipinski definition) is 3. The van der Waals surface area contributed by atoms with Crippen molar-refractivity contribution < 1.29 is 4.74 Å². The van der Waals surface area contributed by atoms with Crippen LogP contribution in [-0.2, 0) is 0 Å². The molecule has 1 aliphatic heterocycles. The van der Waals surface area contributed by atoms with E-state index >= 15 is 0 Å². The summed E-state index contributed by atoms with van der Waals surface area (Å²) in [6, 6.07) is 10.9. The standard InChI is InChI=1S/C20H22N2O/c1-13(2)23-15-8-9-19-18(11-15)16-6-3-7-17(16)20(22-19)14-5-4-10-21-12-14/h3-6,8-13,16-17,20,22H,7H2,1-2H3. The minimum absolute atomic E-state index is 0.197. The van der Waals surface area contributed by atoms with E-state index in [1.165, 1.54) is 16.8 Å². The van der Waals surface area contributed by atoms with Gasteiger partial charge in [0.2, 0.25) is 0 Å². The third kappa shape index (κ3) is 2.61. The molecule has 0 radical (unpaired) electrons. The number of anilines is 1. The minimum Gasteiger partial charge on any atom is -0.491 e. The summed E-state index contributed by atoms with van der Waals surface area (Å²) in [5, 5.41) is 3.73. The highest BCUT2D eigenvalue weighted by Crippen LogP contribution is 2.50. The van der Waals surface area contributed by atoms with E-state index in [9.17, 15) is 0 Å². The molecule has 118 valence electrons. The largest absolute Gasteiger partial charge is 0.491 e. The molecule has 0 amide bonds. The van der Waals surface area contributed by atoms with Crippen molar-refractivity contribution in [1.29, 1.82) is 0 Å². The Bertz CT molecular complexity index is 724. The quantitative estimate of drug-likeness (QED) is 0.835. The first-order valence-corrected chi connectivity index (χ1v) is 8.36. The minimum atomic E-state index is 0.197. The van der Waals surface area contributed by atoms with E-state index < -0.39 is 0 Å². The van der Waals surface area contributed by atoms with Crippen LogP contribution in [0.3, 0.4) is 0 Å². The summed E-state index contributed by atoms with van der Waals surface area (Å²) in [7, 11) is 0. The average Bonchev–Trinajstić information content (AvgIpc) is 3.04. The van der Waals surface area contributed by atoms with Crippen LogP contribution in [0.25, 0.3) is 0 Å². The number of aromatic nitrogens is 1. The molecule has 0 bridgehead atoms. The maximum atomic E-state index is 5.88. The smallest absolute Gasteiger partial charge is 0.120 e. The van der Waals surface area contributed by atoms with Crippen LogP contribution in [0, 0.1) is 5.92 Å². The Balaban J connectivity index is 1.72. The van der Waals surface area contributed by atoms with Crippen LogP contribution < -0.4 is 10.1 Å². The summed E-state index contributed by atoms with van der Waals surface area (Å²) in [6.45, 7) is 4.13. The van der Waals surface area contributed by atoms with Gasteiger partial charge in [-0.05, 0) is 61.6 Å². The van der Waals surface area contributed by atoms with Crippen LogP contribution in [0.15, 0.2) is 54.9 Å². The number of ether oxygens (including phenoxy) is 1. The number of nitrogens with one attached hydrogen (secondary N) is 1. The predicted octanol–water partition coefficient (Wildman–Crippen LogP) is 4.70. The number of benzene rings is 1. The monoisotopic (exact) mass is 306 g/mol. The van der Waals surface area contributed by atoms with Gasteiger partial charge in [-0.3, -0.25) is 4.98 Å². The van der Waals surface area contributed by atoms with Gasteiger partial charge in [-0.2, -0.15) is 0 Å². The molecule has 0 saturated heterocycles. The molecule has 3 heteroatoms. The average molecular weight is 306 g/mol. The molecule has 4 rings (SSSR count). The van der Waals surface area contributed by atoms with Crippen LogP contribution in [0.2, 0.25) is 0 Å². The molecule has 2 aromatic rings. The van der Waals surface area contributed by atoms with Gasteiger partial charge in [-0.15, -0.1) is 0 Å². The highest BCUT2D eigenvalue weighted by Gasteiger charge is 2.38. The summed E-state index contributed by atoms with van der Waals surface area (Å²) >= 11 is 0. The molecular weight excluding hydrogens is 284 g/mol. The second kappa shape index (κ2) is 5.73. The second-order valence-corrected chi connectivity index (χ2v) is 6.68. The molecule has 3 atom stereocenters. The van der Waals surface area contributed by atoms with Crippen molar-refractivity contribution in [2.45, 2.75) is 38.3 Å². The maximum absolute atomic E-state index is 5.88. The molecule has 0 saturated carbocycles. The van der Waals surface area contributed by atoms with Crippen LogP contribution in [0.5, 0.6) is 5.75 Å². The van der Waals surface area contributed by atoms with Crippen molar-refractivity contribution in [1.82, 2.24) is 4.98 Å². The van der Waals surface area contributed by atoms with Gasteiger partial charge in [0.1, 0.15) is 5.75 Å². The first-order valence-electron chi connectivity index (χ1n) is 8.36. The molecule has 2 aliphatic rings. The fraction of sp³-hybridized carbons (Fsp3) is 0.350. The summed E-state index contributed by atoms with van der Waals surface area (Å²) in [6.07, 6.45) is 9.78. The highest BCUT2D eigenvalue weighted by atomic mass is 16.5. The van der Waals surface area contributed by atoms with Crippen molar-refractivity contribution in [2.24, 2.45) is 5.92 Å². The van der Waals surface area contributed by atoms with Gasteiger partial charge in [0.25, 0.3) is 0 Å². The Labute approximate surface area is 137 Å². The summed E-state index contributed by atoms with van der Waals surface area (Å²) in [5.74, 6) is 1.95. The molecule has 2 heterocycles. The SMILES string of the molecule is CC(C)Oc1ccc2c(c1)C1C=CCC1C(c1cccnc1)N2. The Morgan fingerprint density at radius 3 is 2.96 bits per heavy atom. The van der Waals surface area contributed by atoms with Crippen LogP contribution in [0.4, 0.5) is 5.69 Å². The molecule has 1 N–H and O–H groups in total. The van der Waals surface area contributed by atoms with Gasteiger partial charge in [0, 0.05) is 24.0 Å². The Kier molecular flexibility index (Phi) is 3.56. The zero-order chi connectivity index (χ0) is 15.8. The summed E-state index contributed by atoms with van der Waals surface area (Å²) in [5.41, 5.74) is 3.82. The van der Waals surface area contributed by atoms with Crippen LogP contribution in [-0.4, -0.2) is 11.1 Å². The number of allylic oxidation sites excluding steroid dienone is 2. The fourth-order valence-electron chi connectivity index (χ4n) is 3.81. The van der Waals surface area contributed by atoms with Crippen LogP contribution >= 0.6 is 0 Å². The van der Waals surface area contributed by atoms with E-state index in [2.05, 4.69) is 60.6 Å². The number of fused-ring (bicyclic) bond motifs is 3. The molecule has 0 spiro atoms. The molecular formula is C20H22N2O. The predicted molar refractivity (Wildman–Crippen MR) is 92.8 cm³/mol. The lowest BCUT2D eigenvalue weighted by Gasteiger charge is -2.37. The molecule has 23 heavy (non-hydrogen) atoms. The number of pyridine rings is 1. The van der Waals surface area contributed by atoms with Crippen molar-refractivity contribution in [3.8, 4) is 5.75 Å². The van der Waals surface area contributed by atoms with E-state index in [1.54, 1.807) is 0 Å². The number of rotatable bonds is 3.